The second kappa shape index (κ2) is 7.05. The Kier molecular flexibility index (Phi) is 5.37. The van der Waals surface area contributed by atoms with Crippen molar-refractivity contribution in [1.82, 2.24) is 14.9 Å². The average Bonchev–Trinajstić information content (AvgIpc) is 2.84. The van der Waals surface area contributed by atoms with E-state index in [9.17, 15) is 5.11 Å². The number of aliphatic hydroxyl groups is 1. The van der Waals surface area contributed by atoms with E-state index in [4.69, 9.17) is 0 Å². The van der Waals surface area contributed by atoms with Gasteiger partial charge < -0.3 is 15.0 Å². The van der Waals surface area contributed by atoms with E-state index in [0.29, 0.717) is 0 Å². The number of aromatic nitrogens is 2. The number of hydrogen-bond acceptors (Lipinski definition) is 3. The second-order valence-corrected chi connectivity index (χ2v) is 5.84. The third-order valence-corrected chi connectivity index (χ3v) is 4.69. The molecule has 1 heterocycles. The van der Waals surface area contributed by atoms with E-state index in [1.165, 1.54) is 5.52 Å². The lowest BCUT2D eigenvalue weighted by Gasteiger charge is -2.29. The van der Waals surface area contributed by atoms with Gasteiger partial charge in [0.1, 0.15) is 5.82 Å². The summed E-state index contributed by atoms with van der Waals surface area (Å²) in [6, 6.07) is 8.25. The topological polar surface area (TPSA) is 50.1 Å². The number of aryl methyl sites for hydroxylation is 1. The number of aliphatic hydroxyl groups excluding tert-OH is 1. The van der Waals surface area contributed by atoms with Crippen molar-refractivity contribution in [3.05, 3.63) is 30.1 Å². The Labute approximate surface area is 127 Å². The van der Waals surface area contributed by atoms with Crippen molar-refractivity contribution in [1.29, 1.82) is 0 Å². The summed E-state index contributed by atoms with van der Waals surface area (Å²) >= 11 is 0. The van der Waals surface area contributed by atoms with E-state index < -0.39 is 0 Å². The molecule has 4 heteroatoms. The Bertz CT molecular complexity index is 564. The standard InChI is InChI=1S/C17H27N3O/c1-4-17(5-2,13-21)12-18-10-11-20-14(3)19-15-8-6-7-9-16(15)20/h6-9,18,21H,4-5,10-13H2,1-3H3. The van der Waals surface area contributed by atoms with Crippen LogP contribution in [0, 0.1) is 12.3 Å². The van der Waals surface area contributed by atoms with E-state index >= 15 is 0 Å². The maximum atomic E-state index is 9.59. The summed E-state index contributed by atoms with van der Waals surface area (Å²) in [7, 11) is 0. The Morgan fingerprint density at radius 1 is 1.24 bits per heavy atom. The molecule has 21 heavy (non-hydrogen) atoms. The van der Waals surface area contributed by atoms with Crippen LogP contribution in [0.3, 0.4) is 0 Å². The number of nitrogens with one attached hydrogen (secondary N) is 1. The Balaban J connectivity index is 1.95. The highest BCUT2D eigenvalue weighted by molar-refractivity contribution is 5.75. The highest BCUT2D eigenvalue weighted by atomic mass is 16.3. The van der Waals surface area contributed by atoms with E-state index in [0.717, 1.165) is 43.8 Å². The summed E-state index contributed by atoms with van der Waals surface area (Å²) in [6.07, 6.45) is 2.00. The number of rotatable bonds is 8. The molecule has 2 aromatic rings. The molecule has 0 radical (unpaired) electrons. The largest absolute Gasteiger partial charge is 0.396 e. The van der Waals surface area contributed by atoms with Crippen molar-refractivity contribution in [3.8, 4) is 0 Å². The first-order valence-corrected chi connectivity index (χ1v) is 7.89. The number of fused-ring (bicyclic) bond motifs is 1. The molecule has 0 aliphatic carbocycles. The van der Waals surface area contributed by atoms with E-state index in [1.807, 2.05) is 6.07 Å². The minimum absolute atomic E-state index is 0.0199. The van der Waals surface area contributed by atoms with Crippen LogP contribution in [0.2, 0.25) is 0 Å². The molecular weight excluding hydrogens is 262 g/mol. The Morgan fingerprint density at radius 2 is 1.95 bits per heavy atom. The molecule has 0 bridgehead atoms. The van der Waals surface area contributed by atoms with Gasteiger partial charge in [0.05, 0.1) is 11.0 Å². The van der Waals surface area contributed by atoms with Gasteiger partial charge in [0.15, 0.2) is 0 Å². The number of para-hydroxylation sites is 2. The molecule has 1 aromatic carbocycles. The highest BCUT2D eigenvalue weighted by Gasteiger charge is 2.24. The first-order valence-electron chi connectivity index (χ1n) is 7.89. The maximum Gasteiger partial charge on any atom is 0.106 e. The molecule has 0 saturated carbocycles. The Hall–Kier alpha value is -1.39. The van der Waals surface area contributed by atoms with Crippen LogP contribution in [0.25, 0.3) is 11.0 Å². The van der Waals surface area contributed by atoms with Crippen molar-refractivity contribution in [2.24, 2.45) is 5.41 Å². The van der Waals surface area contributed by atoms with Gasteiger partial charge in [-0.1, -0.05) is 26.0 Å². The zero-order valence-electron chi connectivity index (χ0n) is 13.4. The minimum Gasteiger partial charge on any atom is -0.396 e. The van der Waals surface area contributed by atoms with Gasteiger partial charge in [0.2, 0.25) is 0 Å². The second-order valence-electron chi connectivity index (χ2n) is 5.84. The minimum atomic E-state index is 0.0199. The van der Waals surface area contributed by atoms with Crippen LogP contribution < -0.4 is 5.32 Å². The number of imidazole rings is 1. The Morgan fingerprint density at radius 3 is 2.62 bits per heavy atom. The van der Waals surface area contributed by atoms with Crippen molar-refractivity contribution >= 4 is 11.0 Å². The average molecular weight is 289 g/mol. The first-order chi connectivity index (χ1) is 10.2. The zero-order chi connectivity index (χ0) is 15.3. The van der Waals surface area contributed by atoms with E-state index in [2.05, 4.69) is 53.8 Å². The van der Waals surface area contributed by atoms with Crippen molar-refractivity contribution in [3.63, 3.8) is 0 Å². The number of nitrogens with zero attached hydrogens (tertiary/aromatic N) is 2. The SMILES string of the molecule is CCC(CC)(CO)CNCCn1c(C)nc2ccccc21. The normalized spacial score (nSPS) is 12.2. The van der Waals surface area contributed by atoms with Gasteiger partial charge in [-0.05, 0) is 31.9 Å². The molecule has 4 nitrogen and oxygen atoms in total. The fraction of sp³-hybridized carbons (Fsp3) is 0.588. The summed E-state index contributed by atoms with van der Waals surface area (Å²) in [5.41, 5.74) is 2.27. The van der Waals surface area contributed by atoms with Crippen LogP contribution in [0.15, 0.2) is 24.3 Å². The predicted octanol–water partition coefficient (Wildman–Crippen LogP) is 2.73. The van der Waals surface area contributed by atoms with Gasteiger partial charge in [-0.15, -0.1) is 0 Å². The molecule has 0 unspecified atom stereocenters. The summed E-state index contributed by atoms with van der Waals surface area (Å²) in [5.74, 6) is 1.05. The highest BCUT2D eigenvalue weighted by Crippen LogP contribution is 2.24. The number of benzene rings is 1. The fourth-order valence-electron chi connectivity index (χ4n) is 2.80. The van der Waals surface area contributed by atoms with Crippen LogP contribution in [-0.4, -0.2) is 34.4 Å². The van der Waals surface area contributed by atoms with Gasteiger partial charge in [0.25, 0.3) is 0 Å². The molecule has 0 aliphatic rings. The quantitative estimate of drug-likeness (QED) is 0.735. The van der Waals surface area contributed by atoms with Gasteiger partial charge in [-0.3, -0.25) is 0 Å². The summed E-state index contributed by atoms with van der Waals surface area (Å²) in [6.45, 7) is 9.26. The molecule has 0 fully saturated rings. The zero-order valence-corrected chi connectivity index (χ0v) is 13.4. The van der Waals surface area contributed by atoms with Crippen molar-refractivity contribution in [2.75, 3.05) is 19.7 Å². The summed E-state index contributed by atoms with van der Waals surface area (Å²) < 4.78 is 2.25. The molecular formula is C17H27N3O. The fourth-order valence-corrected chi connectivity index (χ4v) is 2.80. The van der Waals surface area contributed by atoms with Crippen LogP contribution in [-0.2, 0) is 6.54 Å². The first kappa shape index (κ1) is 16.0. The monoisotopic (exact) mass is 289 g/mol. The molecule has 2 rings (SSSR count). The lowest BCUT2D eigenvalue weighted by Crippen LogP contribution is -2.37. The predicted molar refractivity (Wildman–Crippen MR) is 87.4 cm³/mol. The third-order valence-electron chi connectivity index (χ3n) is 4.69. The molecule has 2 N–H and O–H groups in total. The molecule has 0 aliphatic heterocycles. The van der Waals surface area contributed by atoms with Crippen molar-refractivity contribution in [2.45, 2.75) is 40.2 Å². The van der Waals surface area contributed by atoms with Gasteiger partial charge >= 0.3 is 0 Å². The van der Waals surface area contributed by atoms with Crippen LogP contribution >= 0.6 is 0 Å². The van der Waals surface area contributed by atoms with E-state index in [-0.39, 0.29) is 12.0 Å². The van der Waals surface area contributed by atoms with Crippen LogP contribution in [0.4, 0.5) is 0 Å². The molecule has 0 atom stereocenters. The number of hydrogen-bond donors (Lipinski definition) is 2. The molecule has 116 valence electrons. The van der Waals surface area contributed by atoms with Crippen molar-refractivity contribution < 1.29 is 5.11 Å². The van der Waals surface area contributed by atoms with Gasteiger partial charge in [0, 0.05) is 31.7 Å². The smallest absolute Gasteiger partial charge is 0.106 e. The third kappa shape index (κ3) is 3.44. The lowest BCUT2D eigenvalue weighted by atomic mass is 9.83. The van der Waals surface area contributed by atoms with Crippen LogP contribution in [0.1, 0.15) is 32.5 Å². The van der Waals surface area contributed by atoms with Gasteiger partial charge in [-0.2, -0.15) is 0 Å². The lowest BCUT2D eigenvalue weighted by molar-refractivity contribution is 0.113. The maximum absolute atomic E-state index is 9.59. The summed E-state index contributed by atoms with van der Waals surface area (Å²) in [5, 5.41) is 13.1. The van der Waals surface area contributed by atoms with Gasteiger partial charge in [-0.25, -0.2) is 4.98 Å². The molecule has 0 saturated heterocycles. The molecule has 0 spiro atoms. The molecule has 1 aromatic heterocycles. The molecule has 0 amide bonds. The summed E-state index contributed by atoms with van der Waals surface area (Å²) in [4.78, 5) is 4.58. The van der Waals surface area contributed by atoms with E-state index in [1.54, 1.807) is 0 Å². The van der Waals surface area contributed by atoms with Crippen LogP contribution in [0.5, 0.6) is 0 Å².